The normalized spacial score (nSPS) is 12.9. The van der Waals surface area contributed by atoms with Crippen molar-refractivity contribution in [2.75, 3.05) is 0 Å². The molecule has 7 heteroatoms. The van der Waals surface area contributed by atoms with Gasteiger partial charge < -0.3 is 5.11 Å². The summed E-state index contributed by atoms with van der Waals surface area (Å²) in [6.45, 7) is 1.66. The molecule has 106 valence electrons. The maximum atomic E-state index is 12.6. The molecule has 4 nitrogen and oxygen atoms in total. The second-order valence-electron chi connectivity index (χ2n) is 4.13. The maximum Gasteiger partial charge on any atom is 0.434 e. The fraction of sp³-hybridized carbons (Fsp3) is 0.231. The highest BCUT2D eigenvalue weighted by atomic mass is 19.4. The maximum absolute atomic E-state index is 12.6. The summed E-state index contributed by atoms with van der Waals surface area (Å²) in [5.41, 5.74) is -0.442. The molecule has 0 fully saturated rings. The molecule has 2 aromatic heterocycles. The van der Waals surface area contributed by atoms with Crippen molar-refractivity contribution < 1.29 is 23.1 Å². The van der Waals surface area contributed by atoms with Crippen molar-refractivity contribution in [2.24, 2.45) is 0 Å². The summed E-state index contributed by atoms with van der Waals surface area (Å²) in [5.74, 6) is -1.10. The SMILES string of the molecule is CC/C(=C\c1cccc2nc(C(F)(F)F)cn12)C(=O)O. The van der Waals surface area contributed by atoms with Crippen molar-refractivity contribution in [2.45, 2.75) is 19.5 Å². The molecule has 0 atom stereocenters. The van der Waals surface area contributed by atoms with Gasteiger partial charge in [-0.1, -0.05) is 13.0 Å². The average molecular weight is 284 g/mol. The van der Waals surface area contributed by atoms with Crippen LogP contribution < -0.4 is 0 Å². The van der Waals surface area contributed by atoms with Gasteiger partial charge in [0.2, 0.25) is 0 Å². The van der Waals surface area contributed by atoms with Gasteiger partial charge >= 0.3 is 12.1 Å². The standard InChI is InChI=1S/C13H11F3N2O2/c1-2-8(12(19)20)6-9-4-3-5-11-17-10(7-18(9)11)13(14,15)16/h3-7H,2H2,1H3,(H,19,20)/b8-6+. The fourth-order valence-electron chi connectivity index (χ4n) is 1.78. The predicted octanol–water partition coefficient (Wildman–Crippen LogP) is 3.23. The van der Waals surface area contributed by atoms with Gasteiger partial charge in [-0.05, 0) is 24.6 Å². The Morgan fingerprint density at radius 2 is 2.15 bits per heavy atom. The van der Waals surface area contributed by atoms with Crippen molar-refractivity contribution in [1.29, 1.82) is 0 Å². The lowest BCUT2D eigenvalue weighted by Crippen LogP contribution is -2.04. The third-order valence-corrected chi connectivity index (χ3v) is 2.79. The van der Waals surface area contributed by atoms with Crippen LogP contribution in [0.3, 0.4) is 0 Å². The Morgan fingerprint density at radius 1 is 1.45 bits per heavy atom. The first-order chi connectivity index (χ1) is 9.32. The first kappa shape index (κ1) is 14.1. The molecule has 0 aliphatic carbocycles. The van der Waals surface area contributed by atoms with Crippen LogP contribution in [0, 0.1) is 0 Å². The Morgan fingerprint density at radius 3 is 2.70 bits per heavy atom. The van der Waals surface area contributed by atoms with Crippen molar-refractivity contribution in [1.82, 2.24) is 9.38 Å². The number of aliphatic carboxylic acids is 1. The molecule has 2 heterocycles. The van der Waals surface area contributed by atoms with E-state index in [1.165, 1.54) is 28.7 Å². The van der Waals surface area contributed by atoms with E-state index >= 15 is 0 Å². The summed E-state index contributed by atoms with van der Waals surface area (Å²) in [5, 5.41) is 8.97. The van der Waals surface area contributed by atoms with Gasteiger partial charge in [-0.2, -0.15) is 13.2 Å². The molecule has 0 amide bonds. The van der Waals surface area contributed by atoms with E-state index in [2.05, 4.69) is 4.98 Å². The molecule has 2 aromatic rings. The van der Waals surface area contributed by atoms with E-state index in [1.54, 1.807) is 6.92 Å². The van der Waals surface area contributed by atoms with Crippen molar-refractivity contribution >= 4 is 17.7 Å². The van der Waals surface area contributed by atoms with Crippen molar-refractivity contribution in [3.63, 3.8) is 0 Å². The van der Waals surface area contributed by atoms with Crippen LogP contribution in [-0.2, 0) is 11.0 Å². The molecule has 20 heavy (non-hydrogen) atoms. The first-order valence-electron chi connectivity index (χ1n) is 5.82. The number of hydrogen-bond donors (Lipinski definition) is 1. The van der Waals surface area contributed by atoms with Crippen LogP contribution in [0.4, 0.5) is 13.2 Å². The highest BCUT2D eigenvalue weighted by Crippen LogP contribution is 2.29. The highest BCUT2D eigenvalue weighted by Gasteiger charge is 2.34. The number of halogens is 3. The zero-order valence-corrected chi connectivity index (χ0v) is 10.5. The quantitative estimate of drug-likeness (QED) is 0.880. The number of fused-ring (bicyclic) bond motifs is 1. The molecular formula is C13H11F3N2O2. The minimum atomic E-state index is -4.53. The minimum Gasteiger partial charge on any atom is -0.478 e. The number of carboxylic acids is 1. The van der Waals surface area contributed by atoms with Crippen LogP contribution in [0.5, 0.6) is 0 Å². The molecule has 0 saturated heterocycles. The number of carbonyl (C=O) groups is 1. The molecule has 0 aromatic carbocycles. The number of carboxylic acid groups (broad SMARTS) is 1. The Kier molecular flexibility index (Phi) is 3.52. The number of pyridine rings is 1. The van der Waals surface area contributed by atoms with Crippen molar-refractivity contribution in [3.05, 3.63) is 41.4 Å². The van der Waals surface area contributed by atoms with Crippen LogP contribution in [0.15, 0.2) is 30.0 Å². The van der Waals surface area contributed by atoms with E-state index in [-0.39, 0.29) is 17.6 Å². The lowest BCUT2D eigenvalue weighted by atomic mass is 10.1. The molecule has 0 spiro atoms. The van der Waals surface area contributed by atoms with E-state index < -0.39 is 17.8 Å². The van der Waals surface area contributed by atoms with Crippen LogP contribution in [0.1, 0.15) is 24.7 Å². The van der Waals surface area contributed by atoms with Gasteiger partial charge in [-0.15, -0.1) is 0 Å². The third kappa shape index (κ3) is 2.66. The molecule has 0 bridgehead atoms. The number of nitrogens with zero attached hydrogens (tertiary/aromatic N) is 2. The van der Waals surface area contributed by atoms with Gasteiger partial charge in [-0.3, -0.25) is 4.40 Å². The van der Waals surface area contributed by atoms with E-state index in [9.17, 15) is 18.0 Å². The molecule has 0 unspecified atom stereocenters. The summed E-state index contributed by atoms with van der Waals surface area (Å²) < 4.78 is 39.1. The van der Waals surface area contributed by atoms with E-state index in [1.807, 2.05) is 0 Å². The Balaban J connectivity index is 2.60. The minimum absolute atomic E-state index is 0.111. The van der Waals surface area contributed by atoms with Crippen LogP contribution in [-0.4, -0.2) is 20.5 Å². The van der Waals surface area contributed by atoms with Crippen molar-refractivity contribution in [3.8, 4) is 0 Å². The largest absolute Gasteiger partial charge is 0.478 e. The van der Waals surface area contributed by atoms with Gasteiger partial charge in [-0.25, -0.2) is 9.78 Å². The smallest absolute Gasteiger partial charge is 0.434 e. The van der Waals surface area contributed by atoms with Gasteiger partial charge in [0, 0.05) is 17.5 Å². The molecule has 0 saturated carbocycles. The molecule has 1 N–H and O–H groups in total. The van der Waals surface area contributed by atoms with E-state index in [0.29, 0.717) is 5.69 Å². The number of alkyl halides is 3. The van der Waals surface area contributed by atoms with Crippen LogP contribution >= 0.6 is 0 Å². The number of imidazole rings is 1. The number of aromatic nitrogens is 2. The zero-order valence-electron chi connectivity index (χ0n) is 10.5. The monoisotopic (exact) mass is 284 g/mol. The number of hydrogen-bond acceptors (Lipinski definition) is 2. The van der Waals surface area contributed by atoms with Gasteiger partial charge in [0.15, 0.2) is 5.69 Å². The molecule has 0 aliphatic heterocycles. The summed E-state index contributed by atoms with van der Waals surface area (Å²) in [6.07, 6.45) is -2.06. The predicted molar refractivity (Wildman–Crippen MR) is 66.1 cm³/mol. The van der Waals surface area contributed by atoms with Gasteiger partial charge in [0.05, 0.1) is 0 Å². The lowest BCUT2D eigenvalue weighted by molar-refractivity contribution is -0.140. The molecule has 0 radical (unpaired) electrons. The van der Waals surface area contributed by atoms with E-state index in [0.717, 1.165) is 6.20 Å². The Labute approximate surface area is 112 Å². The fourth-order valence-corrected chi connectivity index (χ4v) is 1.78. The molecular weight excluding hydrogens is 273 g/mol. The second-order valence-corrected chi connectivity index (χ2v) is 4.13. The lowest BCUT2D eigenvalue weighted by Gasteiger charge is -2.02. The van der Waals surface area contributed by atoms with Crippen LogP contribution in [0.25, 0.3) is 11.7 Å². The van der Waals surface area contributed by atoms with Gasteiger partial charge in [0.1, 0.15) is 5.65 Å². The molecule has 0 aliphatic rings. The average Bonchev–Trinajstić information content (AvgIpc) is 2.79. The highest BCUT2D eigenvalue weighted by molar-refractivity contribution is 5.91. The third-order valence-electron chi connectivity index (χ3n) is 2.79. The summed E-state index contributed by atoms with van der Waals surface area (Å²) in [6, 6.07) is 4.50. The number of rotatable bonds is 3. The van der Waals surface area contributed by atoms with Crippen LogP contribution in [0.2, 0.25) is 0 Å². The first-order valence-corrected chi connectivity index (χ1v) is 5.82. The Bertz CT molecular complexity index is 686. The Hall–Kier alpha value is -2.31. The summed E-state index contributed by atoms with van der Waals surface area (Å²) >= 11 is 0. The summed E-state index contributed by atoms with van der Waals surface area (Å²) in [4.78, 5) is 14.4. The topological polar surface area (TPSA) is 54.6 Å². The van der Waals surface area contributed by atoms with E-state index in [4.69, 9.17) is 5.11 Å². The zero-order chi connectivity index (χ0) is 14.9. The van der Waals surface area contributed by atoms with Gasteiger partial charge in [0.25, 0.3) is 0 Å². The summed E-state index contributed by atoms with van der Waals surface area (Å²) in [7, 11) is 0. The molecule has 2 rings (SSSR count). The second kappa shape index (κ2) is 4.99.